The number of thiophene rings is 1. The summed E-state index contributed by atoms with van der Waals surface area (Å²) in [6, 6.07) is 19.1. The third kappa shape index (κ3) is 4.30. The summed E-state index contributed by atoms with van der Waals surface area (Å²) in [6.07, 6.45) is -4.54. The molecule has 1 aliphatic rings. The van der Waals surface area contributed by atoms with Crippen molar-refractivity contribution in [3.8, 4) is 5.69 Å². The fourth-order valence-corrected chi connectivity index (χ4v) is 9.57. The van der Waals surface area contributed by atoms with E-state index in [1.165, 1.54) is 23.5 Å². The normalized spacial score (nSPS) is 17.5. The standard InChI is InChI=1S/C27H28F3N6PS/c1-5-35(6-2)37(33-22-16-11-10-15-21(22)27(28,29)30)24-19(3)32-36(20-13-8-7-9-14-20)26(24)31-25(34(37)4)23-17-12-18-38-23/h7-18H,5-6H2,1-4H3. The number of alkyl halides is 3. The van der Waals surface area contributed by atoms with Crippen molar-refractivity contribution in [2.24, 2.45) is 9.74 Å². The number of benzene rings is 2. The smallest absolute Gasteiger partial charge is 0.309 e. The summed E-state index contributed by atoms with van der Waals surface area (Å²) in [7, 11) is -1.15. The first kappa shape index (κ1) is 26.4. The molecule has 0 saturated carbocycles. The van der Waals surface area contributed by atoms with Crippen LogP contribution in [0.2, 0.25) is 0 Å². The maximum Gasteiger partial charge on any atom is 0.418 e. The molecule has 198 valence electrons. The van der Waals surface area contributed by atoms with Gasteiger partial charge in [-0.1, -0.05) is 50.2 Å². The number of hydrogen-bond acceptors (Lipinski definition) is 4. The van der Waals surface area contributed by atoms with Crippen LogP contribution in [-0.2, 0) is 6.18 Å². The molecule has 0 spiro atoms. The summed E-state index contributed by atoms with van der Waals surface area (Å²) in [5, 5.41) is 7.61. The van der Waals surface area contributed by atoms with Crippen LogP contribution in [-0.4, -0.2) is 45.1 Å². The van der Waals surface area contributed by atoms with E-state index in [0.717, 1.165) is 21.9 Å². The molecule has 0 radical (unpaired) electrons. The molecule has 0 amide bonds. The number of aliphatic imine (C=N–C) groups is 1. The lowest BCUT2D eigenvalue weighted by Crippen LogP contribution is -2.41. The Balaban J connectivity index is 1.94. The summed E-state index contributed by atoms with van der Waals surface area (Å²) >= 11 is 1.53. The van der Waals surface area contributed by atoms with Gasteiger partial charge in [0.25, 0.3) is 0 Å². The van der Waals surface area contributed by atoms with Crippen molar-refractivity contribution < 1.29 is 13.2 Å². The fourth-order valence-electron chi connectivity index (χ4n) is 4.86. The number of aromatic nitrogens is 2. The number of aryl methyl sites for hydroxylation is 1. The summed E-state index contributed by atoms with van der Waals surface area (Å²) < 4.78 is 53.6. The first-order chi connectivity index (χ1) is 18.2. The van der Waals surface area contributed by atoms with Gasteiger partial charge < -0.3 is 4.67 Å². The lowest BCUT2D eigenvalue weighted by atomic mass is 10.2. The Kier molecular flexibility index (Phi) is 7.07. The fraction of sp³-hybridized carbons (Fsp3) is 0.259. The third-order valence-corrected chi connectivity index (χ3v) is 11.4. The third-order valence-electron chi connectivity index (χ3n) is 6.57. The van der Waals surface area contributed by atoms with E-state index >= 15 is 0 Å². The molecule has 4 aromatic rings. The number of para-hydroxylation sites is 1. The molecule has 2 aromatic carbocycles. The van der Waals surface area contributed by atoms with E-state index in [9.17, 15) is 13.2 Å². The second kappa shape index (κ2) is 10.2. The Morgan fingerprint density at radius 1 is 0.974 bits per heavy atom. The lowest BCUT2D eigenvalue weighted by molar-refractivity contribution is -0.137. The maximum absolute atomic E-state index is 14.2. The van der Waals surface area contributed by atoms with Crippen molar-refractivity contribution in [1.82, 2.24) is 19.1 Å². The van der Waals surface area contributed by atoms with E-state index in [4.69, 9.17) is 14.8 Å². The number of amidine groups is 1. The van der Waals surface area contributed by atoms with E-state index in [2.05, 4.69) is 4.67 Å². The van der Waals surface area contributed by atoms with Crippen LogP contribution in [0.4, 0.5) is 24.7 Å². The highest BCUT2D eigenvalue weighted by Crippen LogP contribution is 2.62. The van der Waals surface area contributed by atoms with Gasteiger partial charge in [-0.05, 0) is 42.6 Å². The Morgan fingerprint density at radius 2 is 1.66 bits per heavy atom. The van der Waals surface area contributed by atoms with Crippen molar-refractivity contribution in [3.63, 3.8) is 0 Å². The highest BCUT2D eigenvalue weighted by Gasteiger charge is 2.45. The van der Waals surface area contributed by atoms with Gasteiger partial charge in [0.15, 0.2) is 19.0 Å². The van der Waals surface area contributed by atoms with Crippen molar-refractivity contribution >= 4 is 41.3 Å². The zero-order valence-electron chi connectivity index (χ0n) is 21.5. The Hall–Kier alpha value is -3.20. The Labute approximate surface area is 224 Å². The van der Waals surface area contributed by atoms with Crippen LogP contribution in [0.3, 0.4) is 0 Å². The number of nitrogens with zero attached hydrogens (tertiary/aromatic N) is 6. The van der Waals surface area contributed by atoms with Crippen molar-refractivity contribution in [3.05, 3.63) is 88.2 Å². The second-order valence-electron chi connectivity index (χ2n) is 8.76. The first-order valence-electron chi connectivity index (χ1n) is 12.3. The second-order valence-corrected chi connectivity index (χ2v) is 12.7. The molecule has 0 N–H and O–H groups in total. The average molecular weight is 557 g/mol. The largest absolute Gasteiger partial charge is 0.418 e. The van der Waals surface area contributed by atoms with E-state index in [0.29, 0.717) is 30.4 Å². The molecule has 0 aliphatic carbocycles. The molecule has 6 nitrogen and oxygen atoms in total. The molecule has 5 rings (SSSR count). The van der Waals surface area contributed by atoms with Crippen LogP contribution in [0.5, 0.6) is 0 Å². The van der Waals surface area contributed by atoms with Crippen LogP contribution < -0.4 is 5.30 Å². The van der Waals surface area contributed by atoms with Gasteiger partial charge in [-0.3, -0.25) is 4.67 Å². The Morgan fingerprint density at radius 3 is 2.29 bits per heavy atom. The Bertz CT molecular complexity index is 1520. The monoisotopic (exact) mass is 556 g/mol. The van der Waals surface area contributed by atoms with Gasteiger partial charge in [0, 0.05) is 20.1 Å². The van der Waals surface area contributed by atoms with Crippen molar-refractivity contribution in [1.29, 1.82) is 0 Å². The molecular weight excluding hydrogens is 528 g/mol. The van der Waals surface area contributed by atoms with E-state index < -0.39 is 19.1 Å². The minimum absolute atomic E-state index is 0.0858. The number of halogens is 3. The molecule has 1 atom stereocenters. The lowest BCUT2D eigenvalue weighted by Gasteiger charge is -2.44. The van der Waals surface area contributed by atoms with Gasteiger partial charge in [0.2, 0.25) is 0 Å². The van der Waals surface area contributed by atoms with Crippen LogP contribution >= 0.6 is 18.7 Å². The highest BCUT2D eigenvalue weighted by molar-refractivity contribution is 7.70. The van der Waals surface area contributed by atoms with E-state index in [-0.39, 0.29) is 5.69 Å². The molecule has 1 unspecified atom stereocenters. The molecule has 0 fully saturated rings. The zero-order valence-corrected chi connectivity index (χ0v) is 23.2. The molecule has 11 heteroatoms. The van der Waals surface area contributed by atoms with Gasteiger partial charge in [-0.2, -0.15) is 18.3 Å². The molecule has 38 heavy (non-hydrogen) atoms. The van der Waals surface area contributed by atoms with Crippen molar-refractivity contribution in [2.45, 2.75) is 26.9 Å². The average Bonchev–Trinajstić information content (AvgIpc) is 3.55. The predicted molar refractivity (Wildman–Crippen MR) is 150 cm³/mol. The number of hydrogen-bond donors (Lipinski definition) is 0. The minimum atomic E-state index is -4.54. The first-order valence-corrected chi connectivity index (χ1v) is 14.8. The maximum atomic E-state index is 14.2. The zero-order chi connectivity index (χ0) is 27.1. The molecule has 0 saturated heterocycles. The highest BCUT2D eigenvalue weighted by atomic mass is 32.1. The van der Waals surface area contributed by atoms with Crippen LogP contribution in [0.1, 0.15) is 30.0 Å². The molecule has 1 aliphatic heterocycles. The van der Waals surface area contributed by atoms with E-state index in [1.54, 1.807) is 10.7 Å². The van der Waals surface area contributed by atoms with Gasteiger partial charge in [-0.25, -0.2) is 14.4 Å². The van der Waals surface area contributed by atoms with Crippen LogP contribution in [0.15, 0.2) is 81.8 Å². The van der Waals surface area contributed by atoms with E-state index in [1.807, 2.05) is 80.3 Å². The van der Waals surface area contributed by atoms with Crippen molar-refractivity contribution in [2.75, 3.05) is 20.1 Å². The molecule has 3 heterocycles. The number of rotatable bonds is 6. The topological polar surface area (TPSA) is 49.0 Å². The van der Waals surface area contributed by atoms with Gasteiger partial charge in [-0.15, -0.1) is 11.3 Å². The summed E-state index contributed by atoms with van der Waals surface area (Å²) in [5.41, 5.74) is 0.675. The van der Waals surface area contributed by atoms with Crippen LogP contribution in [0.25, 0.3) is 5.69 Å². The van der Waals surface area contributed by atoms with Crippen LogP contribution in [0, 0.1) is 6.92 Å². The summed E-state index contributed by atoms with van der Waals surface area (Å²) in [6.45, 7) is 7.08. The quantitative estimate of drug-likeness (QED) is 0.230. The van der Waals surface area contributed by atoms with Gasteiger partial charge in [0.05, 0.1) is 32.8 Å². The molecular formula is C27H28F3N6PS. The summed E-state index contributed by atoms with van der Waals surface area (Å²) in [5.74, 6) is 1.27. The predicted octanol–water partition coefficient (Wildman–Crippen LogP) is 7.61. The van der Waals surface area contributed by atoms with Gasteiger partial charge >= 0.3 is 6.18 Å². The minimum Gasteiger partial charge on any atom is -0.309 e. The number of fused-ring (bicyclic) bond motifs is 1. The SMILES string of the molecule is CCN(CC)P1(=Nc2ccccc2C(F)(F)F)c2c(C)nn(-c3ccccc3)c2N=C(c2cccs2)N1C. The molecule has 0 bridgehead atoms. The summed E-state index contributed by atoms with van der Waals surface area (Å²) in [4.78, 5) is 6.01. The molecule has 2 aromatic heterocycles. The van der Waals surface area contributed by atoms with Gasteiger partial charge in [0.1, 0.15) is 0 Å².